The Labute approximate surface area is 575 Å². The van der Waals surface area contributed by atoms with Gasteiger partial charge in [0.2, 0.25) is 0 Å². The van der Waals surface area contributed by atoms with Crippen LogP contribution in [0.3, 0.4) is 0 Å². The third-order valence-electron chi connectivity index (χ3n) is 17.4. The Bertz CT molecular complexity index is 1840. The summed E-state index contributed by atoms with van der Waals surface area (Å²) in [4.78, 5) is 72.7. The quantitative estimate of drug-likeness (QED) is 0.0222. The van der Waals surface area contributed by atoms with Crippen LogP contribution < -0.4 is 0 Å². The van der Waals surface area contributed by atoms with Gasteiger partial charge in [0.25, 0.3) is 0 Å². The van der Waals surface area contributed by atoms with Crippen molar-refractivity contribution in [2.45, 2.75) is 401 Å². The molecule has 0 aromatic carbocycles. The number of esters is 4. The third kappa shape index (κ3) is 68.6. The second kappa shape index (κ2) is 65.7. The number of hydrogen-bond acceptors (Lipinski definition) is 15. The van der Waals surface area contributed by atoms with E-state index in [1.54, 1.807) is 0 Å². The maximum Gasteiger partial charge on any atom is 0.472 e. The maximum absolute atomic E-state index is 13.1. The summed E-state index contributed by atoms with van der Waals surface area (Å²) in [5.41, 5.74) is 0. The summed E-state index contributed by atoms with van der Waals surface area (Å²) in [7, 11) is -9.91. The van der Waals surface area contributed by atoms with Gasteiger partial charge in [-0.1, -0.05) is 331 Å². The van der Waals surface area contributed by atoms with E-state index in [4.69, 9.17) is 37.0 Å². The monoisotopic (exact) mass is 1380 g/mol. The zero-order valence-corrected chi connectivity index (χ0v) is 63.2. The number of ether oxygens (including phenoxy) is 4. The van der Waals surface area contributed by atoms with Crippen LogP contribution in [0.15, 0.2) is 0 Å². The molecule has 0 spiro atoms. The molecule has 0 amide bonds. The SMILES string of the molecule is CCCCCCCCCCCCCCCCCCCCCCCC(=O)O[C@H](COC(=O)CCCCCCCCCCCC(C)C)COP(=O)(O)OC[C@@H](O)COP(=O)(O)OC[C@@H](COC(=O)CCCCCCCCCC(C)C)OC(=O)CCCCCCCCCCC(C)C. The van der Waals surface area contributed by atoms with E-state index in [0.29, 0.717) is 31.6 Å². The highest BCUT2D eigenvalue weighted by molar-refractivity contribution is 7.47. The van der Waals surface area contributed by atoms with Gasteiger partial charge in [0.05, 0.1) is 26.4 Å². The minimum Gasteiger partial charge on any atom is -0.462 e. The van der Waals surface area contributed by atoms with Crippen LogP contribution in [0.5, 0.6) is 0 Å². The van der Waals surface area contributed by atoms with Gasteiger partial charge >= 0.3 is 39.5 Å². The molecule has 0 heterocycles. The Balaban J connectivity index is 5.19. The number of phosphoric acid groups is 2. The summed E-state index contributed by atoms with van der Waals surface area (Å²) in [6.07, 6.45) is 51.7. The fraction of sp³-hybridized carbons (Fsp3) is 0.947. The molecule has 19 heteroatoms. The summed E-state index contributed by atoms with van der Waals surface area (Å²) in [5.74, 6) is 0.0427. The Hall–Kier alpha value is -1.94. The second-order valence-electron chi connectivity index (χ2n) is 28.5. The molecule has 0 aliphatic rings. The minimum absolute atomic E-state index is 0.104. The molecular weight excluding hydrogens is 1230 g/mol. The first-order valence-corrected chi connectivity index (χ1v) is 41.8. The number of unbranched alkanes of at least 4 members (excludes halogenated alkanes) is 41. The Morgan fingerprint density at radius 2 is 0.489 bits per heavy atom. The molecule has 94 heavy (non-hydrogen) atoms. The normalized spacial score (nSPS) is 14.1. The predicted octanol–water partition coefficient (Wildman–Crippen LogP) is 21.8. The average Bonchev–Trinajstić information content (AvgIpc) is 1.22. The van der Waals surface area contributed by atoms with Crippen molar-refractivity contribution < 1.29 is 80.2 Å². The molecule has 0 radical (unpaired) electrons. The standard InChI is InChI=1S/C75H146O17P2/c1-8-9-10-11-12-13-14-15-16-17-18-19-20-21-22-23-24-27-36-44-51-58-74(79)91-70(62-85-72(77)56-49-42-35-28-25-26-32-39-46-53-66(2)3)64-89-93(81,82)87-60-69(76)61-88-94(83,84)90-65-71(63-86-73(78)57-50-43-38-31-34-41-48-55-68(6)7)92-75(80)59-52-45-37-30-29-33-40-47-54-67(4)5/h66-71,76H,8-65H2,1-7H3,(H,81,82)(H,83,84)/t69-,70-,71-/m1/s1. The number of hydrogen-bond donors (Lipinski definition) is 3. The zero-order chi connectivity index (χ0) is 69.4. The lowest BCUT2D eigenvalue weighted by atomic mass is 10.0. The third-order valence-corrected chi connectivity index (χ3v) is 19.3. The van der Waals surface area contributed by atoms with Crippen molar-refractivity contribution in [1.82, 2.24) is 0 Å². The molecular formula is C75H146O17P2. The number of rotatable bonds is 73. The molecule has 558 valence electrons. The topological polar surface area (TPSA) is 237 Å². The fourth-order valence-corrected chi connectivity index (χ4v) is 13.0. The summed E-state index contributed by atoms with van der Waals surface area (Å²) >= 11 is 0. The number of phosphoric ester groups is 2. The van der Waals surface area contributed by atoms with Crippen molar-refractivity contribution >= 4 is 39.5 Å². The van der Waals surface area contributed by atoms with Crippen LogP contribution in [-0.4, -0.2) is 96.7 Å². The Morgan fingerprint density at radius 3 is 0.723 bits per heavy atom. The van der Waals surface area contributed by atoms with E-state index in [9.17, 15) is 43.2 Å². The van der Waals surface area contributed by atoms with Gasteiger partial charge in [-0.2, -0.15) is 0 Å². The highest BCUT2D eigenvalue weighted by Crippen LogP contribution is 2.45. The van der Waals surface area contributed by atoms with E-state index in [1.165, 1.54) is 186 Å². The van der Waals surface area contributed by atoms with Crippen molar-refractivity contribution in [3.05, 3.63) is 0 Å². The van der Waals surface area contributed by atoms with Crippen molar-refractivity contribution in [1.29, 1.82) is 0 Å². The van der Waals surface area contributed by atoms with E-state index in [0.717, 1.165) is 108 Å². The van der Waals surface area contributed by atoms with Crippen molar-refractivity contribution in [3.63, 3.8) is 0 Å². The van der Waals surface area contributed by atoms with Gasteiger partial charge < -0.3 is 33.8 Å². The van der Waals surface area contributed by atoms with E-state index >= 15 is 0 Å². The lowest BCUT2D eigenvalue weighted by Crippen LogP contribution is -2.30. The lowest BCUT2D eigenvalue weighted by Gasteiger charge is -2.21. The molecule has 0 aliphatic heterocycles. The van der Waals surface area contributed by atoms with Crippen molar-refractivity contribution in [2.24, 2.45) is 17.8 Å². The van der Waals surface area contributed by atoms with Gasteiger partial charge in [-0.25, -0.2) is 9.13 Å². The Kier molecular flexibility index (Phi) is 64.3. The van der Waals surface area contributed by atoms with Crippen LogP contribution in [0, 0.1) is 17.8 Å². The predicted molar refractivity (Wildman–Crippen MR) is 381 cm³/mol. The molecule has 0 aliphatic carbocycles. The van der Waals surface area contributed by atoms with Crippen molar-refractivity contribution in [3.8, 4) is 0 Å². The Morgan fingerprint density at radius 1 is 0.287 bits per heavy atom. The molecule has 0 saturated carbocycles. The van der Waals surface area contributed by atoms with E-state index < -0.39 is 97.5 Å². The van der Waals surface area contributed by atoms with E-state index in [-0.39, 0.29) is 25.7 Å². The van der Waals surface area contributed by atoms with Gasteiger partial charge in [-0.15, -0.1) is 0 Å². The fourth-order valence-electron chi connectivity index (χ4n) is 11.4. The number of aliphatic hydroxyl groups excluding tert-OH is 1. The van der Waals surface area contributed by atoms with Gasteiger partial charge in [0.1, 0.15) is 19.3 Å². The van der Waals surface area contributed by atoms with Gasteiger partial charge in [0, 0.05) is 25.7 Å². The first-order chi connectivity index (χ1) is 45.2. The first kappa shape index (κ1) is 92.1. The molecule has 0 fully saturated rings. The molecule has 17 nitrogen and oxygen atoms in total. The number of carbonyl (C=O) groups is 4. The highest BCUT2D eigenvalue weighted by atomic mass is 31.2. The van der Waals surface area contributed by atoms with Gasteiger partial charge in [-0.3, -0.25) is 37.3 Å². The van der Waals surface area contributed by atoms with E-state index in [2.05, 4.69) is 48.5 Å². The average molecular weight is 1380 g/mol. The summed E-state index contributed by atoms with van der Waals surface area (Å²) in [6.45, 7) is 11.8. The maximum atomic E-state index is 13.1. The summed E-state index contributed by atoms with van der Waals surface area (Å²) in [5, 5.41) is 10.6. The molecule has 2 unspecified atom stereocenters. The summed E-state index contributed by atoms with van der Waals surface area (Å²) < 4.78 is 68.4. The van der Waals surface area contributed by atoms with Crippen LogP contribution >= 0.6 is 15.6 Å². The molecule has 0 aromatic heterocycles. The zero-order valence-electron chi connectivity index (χ0n) is 61.4. The van der Waals surface area contributed by atoms with Crippen LogP contribution in [0.1, 0.15) is 382 Å². The van der Waals surface area contributed by atoms with Crippen LogP contribution in [0.25, 0.3) is 0 Å². The molecule has 3 N–H and O–H groups in total. The van der Waals surface area contributed by atoms with Crippen LogP contribution in [0.4, 0.5) is 0 Å². The van der Waals surface area contributed by atoms with Crippen LogP contribution in [-0.2, 0) is 65.4 Å². The summed E-state index contributed by atoms with van der Waals surface area (Å²) in [6, 6.07) is 0. The largest absolute Gasteiger partial charge is 0.472 e. The molecule has 0 saturated heterocycles. The van der Waals surface area contributed by atoms with Gasteiger partial charge in [0.15, 0.2) is 12.2 Å². The smallest absolute Gasteiger partial charge is 0.462 e. The molecule has 0 bridgehead atoms. The molecule has 5 atom stereocenters. The highest BCUT2D eigenvalue weighted by Gasteiger charge is 2.30. The second-order valence-corrected chi connectivity index (χ2v) is 31.4. The van der Waals surface area contributed by atoms with Crippen molar-refractivity contribution in [2.75, 3.05) is 39.6 Å². The van der Waals surface area contributed by atoms with E-state index in [1.807, 2.05) is 0 Å². The lowest BCUT2D eigenvalue weighted by molar-refractivity contribution is -0.161. The van der Waals surface area contributed by atoms with Gasteiger partial charge in [-0.05, 0) is 43.4 Å². The molecule has 0 rings (SSSR count). The minimum atomic E-state index is -4.96. The number of carbonyl (C=O) groups excluding carboxylic acids is 4. The number of aliphatic hydroxyl groups is 1. The first-order valence-electron chi connectivity index (χ1n) is 38.8. The molecule has 0 aromatic rings. The van der Waals surface area contributed by atoms with Crippen LogP contribution in [0.2, 0.25) is 0 Å².